The summed E-state index contributed by atoms with van der Waals surface area (Å²) in [6.07, 6.45) is -0.287. The van der Waals surface area contributed by atoms with Crippen LogP contribution in [0.4, 0.5) is 0 Å². The summed E-state index contributed by atoms with van der Waals surface area (Å²) in [6.45, 7) is 12.2. The van der Waals surface area contributed by atoms with E-state index in [1.807, 2.05) is 0 Å². The number of methoxy groups -OCH3 is 1. The molecular formula is C42H66O13. The maximum Gasteiger partial charge on any atom is 0.135 e. The normalized spacial score (nSPS) is 45.0. The van der Waals surface area contributed by atoms with Crippen LogP contribution >= 0.6 is 0 Å². The van der Waals surface area contributed by atoms with Crippen molar-refractivity contribution < 1.29 is 63.2 Å². The molecule has 4 N–H and O–H groups in total. The summed E-state index contributed by atoms with van der Waals surface area (Å²) in [6, 6.07) is 0. The van der Waals surface area contributed by atoms with E-state index in [1.165, 1.54) is 0 Å². The van der Waals surface area contributed by atoms with Crippen molar-refractivity contribution in [3.63, 3.8) is 0 Å². The Bertz CT molecular complexity index is 1310. The number of hydrogen-bond donors (Lipinski definition) is 4. The van der Waals surface area contributed by atoms with Gasteiger partial charge in [0, 0.05) is 44.6 Å². The molecule has 0 saturated carbocycles. The SMILES string of the molecule is C=C1CC2CCC(=O)CCO[C@H]3[C@@H](O)[C@H]4OC(CC[C@@H]4O[C@H]3[C@H](C)O)[C@@H](C=O)CCC3[C@@H](OC)C(C[C@H](O)CO)O[C@H]3CC3O[C@@H](CCC1O2)C[C@@H](C)C3=C. The van der Waals surface area contributed by atoms with Gasteiger partial charge >= 0.3 is 0 Å². The monoisotopic (exact) mass is 778 g/mol. The molecule has 0 amide bonds. The molecule has 18 atom stereocenters. The first-order valence-corrected chi connectivity index (χ1v) is 20.8. The standard InChI is InChI=1S/C42H66O13/c1-22-16-30-9-11-32-23(2)17-29(51-32)8-7-27(46)14-15-50-42-38(48)41-34(55-39(42)25(4)45)13-12-33(54-41)26(20-43)6-10-31-36(19-35(52-30)24(22)3)53-37(40(31)49-5)18-28(47)21-44/h20,22,25-26,28-42,44-45,47-48H,2-3,6-19,21H2,1,4-5H3/t22-,25+,26-,28+,29?,30+,31?,32?,33?,34+,35?,36+,37?,38+,39+,40-,41+,42+/m1/s1. The Labute approximate surface area is 326 Å². The molecule has 55 heavy (non-hydrogen) atoms. The van der Waals surface area contributed by atoms with Gasteiger partial charge in [0.15, 0.2) is 0 Å². The van der Waals surface area contributed by atoms with E-state index in [4.69, 9.17) is 33.2 Å². The van der Waals surface area contributed by atoms with E-state index in [1.54, 1.807) is 14.0 Å². The molecule has 0 aromatic rings. The zero-order valence-electron chi connectivity index (χ0n) is 33.0. The van der Waals surface area contributed by atoms with Crippen LogP contribution in [0.15, 0.2) is 24.3 Å². The number of aldehydes is 1. The van der Waals surface area contributed by atoms with Gasteiger partial charge in [-0.25, -0.2) is 0 Å². The third-order valence-electron chi connectivity index (χ3n) is 13.3. The summed E-state index contributed by atoms with van der Waals surface area (Å²) in [5.74, 6) is -0.385. The molecule has 7 bridgehead atoms. The van der Waals surface area contributed by atoms with E-state index in [9.17, 15) is 30.0 Å². The van der Waals surface area contributed by atoms with Crippen molar-refractivity contribution in [2.75, 3.05) is 20.3 Å². The summed E-state index contributed by atoms with van der Waals surface area (Å²) in [5.41, 5.74) is 2.05. The van der Waals surface area contributed by atoms with Crippen LogP contribution in [-0.2, 0) is 42.7 Å². The smallest absolute Gasteiger partial charge is 0.135 e. The predicted molar refractivity (Wildman–Crippen MR) is 200 cm³/mol. The molecule has 0 aromatic heterocycles. The maximum atomic E-state index is 13.0. The lowest BCUT2D eigenvalue weighted by molar-refractivity contribution is -0.287. The zero-order valence-corrected chi connectivity index (χ0v) is 33.0. The molecule has 6 unspecified atom stereocenters. The van der Waals surface area contributed by atoms with Crippen LogP contribution in [0, 0.1) is 17.8 Å². The molecule has 13 heteroatoms. The molecule has 0 aliphatic carbocycles. The summed E-state index contributed by atoms with van der Waals surface area (Å²) in [7, 11) is 1.63. The van der Waals surface area contributed by atoms with Crippen molar-refractivity contribution in [3.05, 3.63) is 24.3 Å². The molecule has 312 valence electrons. The summed E-state index contributed by atoms with van der Waals surface area (Å²) in [5, 5.41) is 42.4. The van der Waals surface area contributed by atoms with Gasteiger partial charge in [-0.2, -0.15) is 0 Å². The number of rotatable bonds is 6. The number of fused-ring (bicyclic) bond motifs is 7. The lowest BCUT2D eigenvalue weighted by Gasteiger charge is -2.49. The largest absolute Gasteiger partial charge is 0.394 e. The predicted octanol–water partition coefficient (Wildman–Crippen LogP) is 3.15. The molecule has 6 rings (SSSR count). The van der Waals surface area contributed by atoms with E-state index in [2.05, 4.69) is 20.1 Å². The molecule has 0 spiro atoms. The molecule has 6 aliphatic heterocycles. The van der Waals surface area contributed by atoms with Gasteiger partial charge in [0.05, 0.1) is 80.4 Å². The minimum absolute atomic E-state index is 0.0130. The lowest BCUT2D eigenvalue weighted by Crippen LogP contribution is -2.64. The van der Waals surface area contributed by atoms with Gasteiger partial charge in [0.25, 0.3) is 0 Å². The summed E-state index contributed by atoms with van der Waals surface area (Å²) in [4.78, 5) is 25.7. The second kappa shape index (κ2) is 19.4. The second-order valence-electron chi connectivity index (χ2n) is 17.2. The van der Waals surface area contributed by atoms with Gasteiger partial charge in [0.1, 0.15) is 36.5 Å². The van der Waals surface area contributed by atoms with Gasteiger partial charge in [-0.05, 0) is 81.8 Å². The number of aliphatic hydroxyl groups is 4. The number of ketones is 1. The number of aliphatic hydroxyl groups excluding tert-OH is 4. The highest BCUT2D eigenvalue weighted by Crippen LogP contribution is 2.43. The molecule has 6 aliphatic rings. The van der Waals surface area contributed by atoms with E-state index >= 15 is 0 Å². The average Bonchev–Trinajstić information content (AvgIpc) is 3.69. The molecule has 6 saturated heterocycles. The van der Waals surface area contributed by atoms with Gasteiger partial charge in [-0.15, -0.1) is 0 Å². The van der Waals surface area contributed by atoms with E-state index in [-0.39, 0.29) is 67.6 Å². The molecule has 0 aromatic carbocycles. The van der Waals surface area contributed by atoms with Crippen molar-refractivity contribution in [3.8, 4) is 0 Å². The average molecular weight is 779 g/mol. The number of ether oxygens (including phenoxy) is 7. The molecular weight excluding hydrogens is 712 g/mol. The highest BCUT2D eigenvalue weighted by atomic mass is 16.6. The number of hydrogen-bond acceptors (Lipinski definition) is 13. The highest BCUT2D eigenvalue weighted by Gasteiger charge is 2.52. The fraction of sp³-hybridized carbons (Fsp3) is 0.857. The zero-order chi connectivity index (χ0) is 39.4. The van der Waals surface area contributed by atoms with Crippen LogP contribution in [0.1, 0.15) is 97.3 Å². The topological polar surface area (TPSA) is 180 Å². The second-order valence-corrected chi connectivity index (χ2v) is 17.2. The van der Waals surface area contributed by atoms with Crippen LogP contribution in [0.3, 0.4) is 0 Å². The molecule has 13 nitrogen and oxygen atoms in total. The third-order valence-corrected chi connectivity index (χ3v) is 13.3. The van der Waals surface area contributed by atoms with E-state index in [0.29, 0.717) is 51.4 Å². The first-order valence-electron chi connectivity index (χ1n) is 20.8. The van der Waals surface area contributed by atoms with Gasteiger partial charge < -0.3 is 58.4 Å². The summed E-state index contributed by atoms with van der Waals surface area (Å²) < 4.78 is 44.7. The minimum atomic E-state index is -1.15. The lowest BCUT2D eigenvalue weighted by atomic mass is 9.80. The van der Waals surface area contributed by atoms with Gasteiger partial charge in [-0.3, -0.25) is 4.79 Å². The van der Waals surface area contributed by atoms with Crippen molar-refractivity contribution in [1.82, 2.24) is 0 Å². The van der Waals surface area contributed by atoms with Crippen LogP contribution in [0.5, 0.6) is 0 Å². The van der Waals surface area contributed by atoms with Crippen molar-refractivity contribution in [2.24, 2.45) is 17.8 Å². The first kappa shape index (κ1) is 43.0. The van der Waals surface area contributed by atoms with Crippen molar-refractivity contribution in [1.29, 1.82) is 0 Å². The van der Waals surface area contributed by atoms with Crippen LogP contribution in [0.2, 0.25) is 0 Å². The Morgan fingerprint density at radius 2 is 1.64 bits per heavy atom. The van der Waals surface area contributed by atoms with Crippen LogP contribution in [0.25, 0.3) is 0 Å². The number of carbonyl (C=O) groups is 2. The van der Waals surface area contributed by atoms with Crippen LogP contribution in [-0.4, -0.2) is 144 Å². The highest BCUT2D eigenvalue weighted by molar-refractivity contribution is 5.78. The maximum absolute atomic E-state index is 13.0. The fourth-order valence-electron chi connectivity index (χ4n) is 10.1. The molecule has 6 heterocycles. The van der Waals surface area contributed by atoms with E-state index < -0.39 is 73.6 Å². The Balaban J connectivity index is 1.24. The fourth-order valence-corrected chi connectivity index (χ4v) is 10.1. The van der Waals surface area contributed by atoms with Crippen molar-refractivity contribution in [2.45, 2.75) is 189 Å². The Kier molecular flexibility index (Phi) is 15.2. The minimum Gasteiger partial charge on any atom is -0.394 e. The Morgan fingerprint density at radius 1 is 0.873 bits per heavy atom. The number of carbonyl (C=O) groups excluding carboxylic acids is 2. The van der Waals surface area contributed by atoms with Gasteiger partial charge in [0.2, 0.25) is 0 Å². The number of Topliss-reactive ketones (excluding diaryl/α,β-unsaturated/α-hetero) is 1. The molecule has 0 radical (unpaired) electrons. The first-order chi connectivity index (χ1) is 26.4. The Hall–Kier alpha value is -1.62. The molecule has 6 fully saturated rings. The Morgan fingerprint density at radius 3 is 2.36 bits per heavy atom. The van der Waals surface area contributed by atoms with Crippen LogP contribution < -0.4 is 0 Å². The third kappa shape index (κ3) is 10.2. The quantitative estimate of drug-likeness (QED) is 0.229. The van der Waals surface area contributed by atoms with Gasteiger partial charge in [-0.1, -0.05) is 20.1 Å². The summed E-state index contributed by atoms with van der Waals surface area (Å²) >= 11 is 0. The van der Waals surface area contributed by atoms with E-state index in [0.717, 1.165) is 36.7 Å². The van der Waals surface area contributed by atoms with Crippen molar-refractivity contribution >= 4 is 12.1 Å².